The molecule has 14 nitrogen and oxygen atoms in total. The largest absolute Gasteiger partial charge is 0.492 e. The predicted molar refractivity (Wildman–Crippen MR) is 211 cm³/mol. The average Bonchev–Trinajstić information content (AvgIpc) is 4.00. The zero-order valence-corrected chi connectivity index (χ0v) is 32.2. The van der Waals surface area contributed by atoms with E-state index < -0.39 is 18.2 Å². The summed E-state index contributed by atoms with van der Waals surface area (Å²) in [5.41, 5.74) is 8.58. The number of hydrogen-bond acceptors (Lipinski definition) is 12. The van der Waals surface area contributed by atoms with Crippen LogP contribution in [-0.2, 0) is 47.0 Å². The number of cyclic esters (lactones) is 1. The van der Waals surface area contributed by atoms with Gasteiger partial charge in [0.05, 0.1) is 64.6 Å². The molecule has 0 amide bonds. The summed E-state index contributed by atoms with van der Waals surface area (Å²) in [5, 5.41) is 24.2. The Bertz CT molecular complexity index is 3120. The van der Waals surface area contributed by atoms with Gasteiger partial charge in [0, 0.05) is 56.6 Å². The maximum absolute atomic E-state index is 14.2. The van der Waals surface area contributed by atoms with Crippen LogP contribution in [0.25, 0.3) is 44.6 Å². The number of ether oxygens (including phenoxy) is 5. The Labute approximate surface area is 334 Å². The fraction of sp³-hybridized carbons (Fsp3) is 0.311. The number of aliphatic hydroxyl groups is 2. The molecule has 0 radical (unpaired) electrons. The number of carbonyl (C=O) groups excluding carboxylic acids is 1. The SMILES string of the molecule is CC(C)(C)Cc1c2c(nc3cc4c(cc13)OCO4)-c1cc3c(c(=O)n1C2)CO/C(=C/C1COc2cc4nc5c(cc4cc21)Cn1c-5cc2c(c1=O)COC(=O)C2O)C3O. The molecule has 6 aliphatic heterocycles. The van der Waals surface area contributed by atoms with Gasteiger partial charge in [-0.1, -0.05) is 20.8 Å². The number of hydrogen-bond donors (Lipinski definition) is 2. The van der Waals surface area contributed by atoms with Gasteiger partial charge >= 0.3 is 5.97 Å². The lowest BCUT2D eigenvalue weighted by Gasteiger charge is -2.26. The number of carbonyl (C=O) groups is 1. The monoisotopic (exact) mass is 792 g/mol. The lowest BCUT2D eigenvalue weighted by Crippen LogP contribution is -2.32. The van der Waals surface area contributed by atoms with E-state index >= 15 is 0 Å². The molecule has 0 saturated heterocycles. The summed E-state index contributed by atoms with van der Waals surface area (Å²) in [5.74, 6) is 1.24. The Morgan fingerprint density at radius 3 is 2.17 bits per heavy atom. The van der Waals surface area contributed by atoms with Gasteiger partial charge in [-0.3, -0.25) is 9.59 Å². The number of esters is 1. The number of rotatable bonds is 2. The van der Waals surface area contributed by atoms with Crippen LogP contribution < -0.4 is 25.3 Å². The summed E-state index contributed by atoms with van der Waals surface area (Å²) < 4.78 is 32.1. The Balaban J connectivity index is 0.895. The number of aliphatic hydroxyl groups excluding tert-OH is 2. The highest BCUT2D eigenvalue weighted by Crippen LogP contribution is 2.46. The molecule has 10 heterocycles. The second-order valence-electron chi connectivity index (χ2n) is 17.4. The Hall–Kier alpha value is -6.51. The third-order valence-corrected chi connectivity index (χ3v) is 12.4. The maximum Gasteiger partial charge on any atom is 0.340 e. The van der Waals surface area contributed by atoms with E-state index in [1.807, 2.05) is 42.5 Å². The standard InChI is InChI=1S/C45H36N4O10/c1-45(2,3)12-26-23-9-35-36(59-18-58-35)11-31(23)47-39-27(26)14-49-33(39)7-24-28(43(49)53)16-56-37(40(24)50)6-21-15-55-34-10-30-19(5-22(21)34)4-20-13-48-32(38(20)46-30)8-25-29(42(48)52)17-57-44(54)41(25)51/h4-11,21,40-41,50-51H,12-18H2,1-3H3/b37-6+. The van der Waals surface area contributed by atoms with Crippen molar-refractivity contribution in [3.05, 3.63) is 120 Å². The number of pyridine rings is 4. The average molecular weight is 793 g/mol. The molecule has 0 aliphatic carbocycles. The van der Waals surface area contributed by atoms with Gasteiger partial charge in [0.15, 0.2) is 17.6 Å². The van der Waals surface area contributed by atoms with Crippen LogP contribution >= 0.6 is 0 Å². The molecule has 0 fully saturated rings. The molecule has 3 atom stereocenters. The number of fused-ring (bicyclic) bond motifs is 12. The van der Waals surface area contributed by atoms with Gasteiger partial charge < -0.3 is 43.0 Å². The van der Waals surface area contributed by atoms with E-state index in [0.29, 0.717) is 69.9 Å². The molecule has 4 aromatic heterocycles. The first-order valence-electron chi connectivity index (χ1n) is 19.7. The second-order valence-corrected chi connectivity index (χ2v) is 17.4. The molecule has 2 aromatic carbocycles. The van der Waals surface area contributed by atoms with Gasteiger partial charge in [-0.05, 0) is 53.8 Å². The molecule has 6 aromatic rings. The minimum absolute atomic E-state index is 0.00815. The summed E-state index contributed by atoms with van der Waals surface area (Å²) in [6.07, 6.45) is -0.0934. The highest BCUT2D eigenvalue weighted by molar-refractivity contribution is 5.91. The van der Waals surface area contributed by atoms with Crippen molar-refractivity contribution < 1.29 is 38.7 Å². The molecule has 6 aliphatic rings. The molecule has 0 bridgehead atoms. The first kappa shape index (κ1) is 34.5. The van der Waals surface area contributed by atoms with E-state index in [4.69, 9.17) is 33.7 Å². The molecule has 0 spiro atoms. The van der Waals surface area contributed by atoms with Crippen molar-refractivity contribution in [1.29, 1.82) is 0 Å². The van der Waals surface area contributed by atoms with Crippen LogP contribution in [0.15, 0.2) is 63.9 Å². The van der Waals surface area contributed by atoms with Crippen LogP contribution in [0, 0.1) is 5.41 Å². The predicted octanol–water partition coefficient (Wildman–Crippen LogP) is 5.20. The third-order valence-electron chi connectivity index (χ3n) is 12.4. The van der Waals surface area contributed by atoms with Gasteiger partial charge in [-0.25, -0.2) is 14.8 Å². The van der Waals surface area contributed by atoms with Gasteiger partial charge in [-0.2, -0.15) is 0 Å². The maximum atomic E-state index is 14.2. The van der Waals surface area contributed by atoms with Crippen molar-refractivity contribution >= 4 is 27.8 Å². The summed E-state index contributed by atoms with van der Waals surface area (Å²) >= 11 is 0. The fourth-order valence-electron chi connectivity index (χ4n) is 9.61. The van der Waals surface area contributed by atoms with Crippen LogP contribution in [0.3, 0.4) is 0 Å². The first-order chi connectivity index (χ1) is 28.4. The zero-order valence-electron chi connectivity index (χ0n) is 32.2. The molecule has 3 unspecified atom stereocenters. The Morgan fingerprint density at radius 2 is 1.39 bits per heavy atom. The Morgan fingerprint density at radius 1 is 0.712 bits per heavy atom. The van der Waals surface area contributed by atoms with Crippen LogP contribution in [0.2, 0.25) is 0 Å². The van der Waals surface area contributed by atoms with Gasteiger partial charge in [-0.15, -0.1) is 0 Å². The van der Waals surface area contributed by atoms with Crippen molar-refractivity contribution in [2.75, 3.05) is 13.4 Å². The quantitative estimate of drug-likeness (QED) is 0.220. The molecular weight excluding hydrogens is 757 g/mol. The Kier molecular flexibility index (Phi) is 6.90. The topological polar surface area (TPSA) is 173 Å². The third kappa shape index (κ3) is 4.96. The lowest BCUT2D eigenvalue weighted by atomic mass is 9.84. The van der Waals surface area contributed by atoms with E-state index in [9.17, 15) is 24.6 Å². The first-order valence-corrected chi connectivity index (χ1v) is 19.7. The minimum Gasteiger partial charge on any atom is -0.492 e. The van der Waals surface area contributed by atoms with E-state index in [1.165, 1.54) is 0 Å². The number of nitrogens with zero attached hydrogens (tertiary/aromatic N) is 4. The second kappa shape index (κ2) is 11.8. The number of benzene rings is 2. The van der Waals surface area contributed by atoms with E-state index in [0.717, 1.165) is 50.7 Å². The van der Waals surface area contributed by atoms with Gasteiger partial charge in [0.25, 0.3) is 11.1 Å². The highest BCUT2D eigenvalue weighted by atomic mass is 16.7. The molecule has 296 valence electrons. The van der Waals surface area contributed by atoms with Crippen LogP contribution in [0.4, 0.5) is 0 Å². The summed E-state index contributed by atoms with van der Waals surface area (Å²) in [7, 11) is 0. The van der Waals surface area contributed by atoms with Crippen molar-refractivity contribution in [3.63, 3.8) is 0 Å². The smallest absolute Gasteiger partial charge is 0.340 e. The van der Waals surface area contributed by atoms with Gasteiger partial charge in [0.2, 0.25) is 6.79 Å². The van der Waals surface area contributed by atoms with Crippen LogP contribution in [-0.4, -0.2) is 48.7 Å². The minimum atomic E-state index is -1.53. The normalized spacial score (nSPS) is 21.0. The zero-order chi connectivity index (χ0) is 40.2. The van der Waals surface area contributed by atoms with Crippen molar-refractivity contribution in [3.8, 4) is 40.0 Å². The van der Waals surface area contributed by atoms with E-state index in [-0.39, 0.29) is 60.1 Å². The highest BCUT2D eigenvalue weighted by Gasteiger charge is 2.37. The van der Waals surface area contributed by atoms with Crippen LogP contribution in [0.1, 0.15) is 83.4 Å². The molecular formula is C45H36N4O10. The van der Waals surface area contributed by atoms with E-state index in [2.05, 4.69) is 20.8 Å². The summed E-state index contributed by atoms with van der Waals surface area (Å²) in [6.45, 7) is 7.51. The van der Waals surface area contributed by atoms with Gasteiger partial charge in [0.1, 0.15) is 30.8 Å². The fourth-order valence-corrected chi connectivity index (χ4v) is 9.61. The van der Waals surface area contributed by atoms with Crippen molar-refractivity contribution in [1.82, 2.24) is 19.1 Å². The molecule has 2 N–H and O–H groups in total. The molecule has 14 heteroatoms. The van der Waals surface area contributed by atoms with E-state index in [1.54, 1.807) is 15.2 Å². The van der Waals surface area contributed by atoms with Crippen molar-refractivity contribution in [2.45, 2.75) is 71.6 Å². The van der Waals surface area contributed by atoms with Crippen molar-refractivity contribution in [2.24, 2.45) is 5.41 Å². The lowest BCUT2D eigenvalue weighted by molar-refractivity contribution is -0.157. The molecule has 59 heavy (non-hydrogen) atoms. The summed E-state index contributed by atoms with van der Waals surface area (Å²) in [6, 6.07) is 13.3. The molecule has 12 rings (SSSR count). The number of aromatic nitrogens is 4. The van der Waals surface area contributed by atoms with Crippen LogP contribution in [0.5, 0.6) is 17.2 Å². The molecule has 0 saturated carbocycles. The summed E-state index contributed by atoms with van der Waals surface area (Å²) in [4.78, 5) is 49.7.